The Kier molecular flexibility index (Phi) is 2.29. The van der Waals surface area contributed by atoms with Gasteiger partial charge in [0.1, 0.15) is 0 Å². The van der Waals surface area contributed by atoms with E-state index in [1.807, 2.05) is 6.92 Å². The van der Waals surface area contributed by atoms with Gasteiger partial charge in [-0.1, -0.05) is 0 Å². The van der Waals surface area contributed by atoms with Crippen LogP contribution in [-0.2, 0) is 5.54 Å². The Labute approximate surface area is 74.4 Å². The van der Waals surface area contributed by atoms with Crippen molar-refractivity contribution < 1.29 is 0 Å². The molecular weight excluding hydrogens is 148 g/mol. The third-order valence-corrected chi connectivity index (χ3v) is 2.02. The highest BCUT2D eigenvalue weighted by Gasteiger charge is 2.12. The number of hydrogen-bond donors (Lipinski definition) is 1. The van der Waals surface area contributed by atoms with Crippen LogP contribution in [0.2, 0.25) is 0 Å². The third-order valence-electron chi connectivity index (χ3n) is 2.02. The topological polar surface area (TPSA) is 30.9 Å². The number of aromatic nitrogens is 1. The Hall–Kier alpha value is -0.760. The summed E-state index contributed by atoms with van der Waals surface area (Å²) in [5.74, 6) is 0. The zero-order valence-corrected chi connectivity index (χ0v) is 8.33. The van der Waals surface area contributed by atoms with Crippen molar-refractivity contribution in [3.8, 4) is 0 Å². The van der Waals surface area contributed by atoms with E-state index < -0.39 is 0 Å². The third kappa shape index (κ3) is 1.89. The zero-order valence-electron chi connectivity index (χ0n) is 8.33. The smallest absolute Gasteiger partial charge is 0.0355 e. The summed E-state index contributed by atoms with van der Waals surface area (Å²) >= 11 is 0. The monoisotopic (exact) mass is 166 g/mol. The predicted octanol–water partition coefficient (Wildman–Crippen LogP) is 2.26. The first-order valence-electron chi connectivity index (χ1n) is 4.35. The van der Waals surface area contributed by atoms with Crippen LogP contribution in [0.3, 0.4) is 0 Å². The van der Waals surface area contributed by atoms with E-state index in [4.69, 9.17) is 5.73 Å². The largest absolute Gasteiger partial charge is 0.349 e. The first kappa shape index (κ1) is 9.33. The fourth-order valence-corrected chi connectivity index (χ4v) is 1.10. The molecule has 0 fully saturated rings. The van der Waals surface area contributed by atoms with Crippen LogP contribution in [-0.4, -0.2) is 4.57 Å². The van der Waals surface area contributed by atoms with Gasteiger partial charge in [-0.05, 0) is 39.3 Å². The molecule has 0 aromatic carbocycles. The molecular formula is C10H18N2. The van der Waals surface area contributed by atoms with Crippen LogP contribution in [0.15, 0.2) is 18.5 Å². The highest BCUT2D eigenvalue weighted by molar-refractivity contribution is 5.15. The molecule has 0 saturated heterocycles. The Morgan fingerprint density at radius 1 is 1.42 bits per heavy atom. The molecule has 68 valence electrons. The van der Waals surface area contributed by atoms with Gasteiger partial charge >= 0.3 is 0 Å². The average Bonchev–Trinajstić information content (AvgIpc) is 2.30. The molecule has 1 rings (SSSR count). The Morgan fingerprint density at radius 2 is 2.00 bits per heavy atom. The minimum atomic E-state index is 0.133. The first-order chi connectivity index (χ1) is 5.41. The summed E-state index contributed by atoms with van der Waals surface area (Å²) in [7, 11) is 0. The van der Waals surface area contributed by atoms with Gasteiger partial charge in [0, 0.05) is 24.0 Å². The fraction of sp³-hybridized carbons (Fsp3) is 0.600. The van der Waals surface area contributed by atoms with Gasteiger partial charge in [-0.25, -0.2) is 0 Å². The Balaban J connectivity index is 2.92. The SMILES string of the molecule is C[C@@H](N)c1ccn(C(C)(C)C)c1. The van der Waals surface area contributed by atoms with E-state index in [0.717, 1.165) is 0 Å². The van der Waals surface area contributed by atoms with Crippen molar-refractivity contribution in [1.29, 1.82) is 0 Å². The van der Waals surface area contributed by atoms with Crippen molar-refractivity contribution in [3.05, 3.63) is 24.0 Å². The van der Waals surface area contributed by atoms with Gasteiger partial charge in [-0.3, -0.25) is 0 Å². The van der Waals surface area contributed by atoms with Crippen molar-refractivity contribution in [2.45, 2.75) is 39.3 Å². The standard InChI is InChI=1S/C10H18N2/c1-8(11)9-5-6-12(7-9)10(2,3)4/h5-8H,11H2,1-4H3/t8-/m1/s1. The average molecular weight is 166 g/mol. The van der Waals surface area contributed by atoms with Crippen LogP contribution in [0.25, 0.3) is 0 Å². The highest BCUT2D eigenvalue weighted by atomic mass is 15.0. The normalized spacial score (nSPS) is 14.8. The molecule has 0 aliphatic heterocycles. The van der Waals surface area contributed by atoms with Gasteiger partial charge in [0.2, 0.25) is 0 Å². The van der Waals surface area contributed by atoms with Crippen LogP contribution in [0.5, 0.6) is 0 Å². The Morgan fingerprint density at radius 3 is 2.25 bits per heavy atom. The van der Waals surface area contributed by atoms with Crippen molar-refractivity contribution in [2.24, 2.45) is 5.73 Å². The second-order valence-corrected chi connectivity index (χ2v) is 4.31. The lowest BCUT2D eigenvalue weighted by atomic mass is 10.1. The van der Waals surface area contributed by atoms with Gasteiger partial charge < -0.3 is 10.3 Å². The molecule has 2 N–H and O–H groups in total. The van der Waals surface area contributed by atoms with Crippen LogP contribution >= 0.6 is 0 Å². The quantitative estimate of drug-likeness (QED) is 0.681. The molecule has 0 aliphatic carbocycles. The molecule has 0 spiro atoms. The Bertz CT molecular complexity index is 253. The number of nitrogens with zero attached hydrogens (tertiary/aromatic N) is 1. The maximum Gasteiger partial charge on any atom is 0.0355 e. The molecule has 0 unspecified atom stereocenters. The highest BCUT2D eigenvalue weighted by Crippen LogP contribution is 2.18. The summed E-state index contributed by atoms with van der Waals surface area (Å²) in [5, 5.41) is 0. The van der Waals surface area contributed by atoms with E-state index in [1.165, 1.54) is 5.56 Å². The molecule has 0 bridgehead atoms. The number of rotatable bonds is 1. The van der Waals surface area contributed by atoms with Gasteiger partial charge in [-0.2, -0.15) is 0 Å². The maximum absolute atomic E-state index is 5.76. The van der Waals surface area contributed by atoms with E-state index >= 15 is 0 Å². The van der Waals surface area contributed by atoms with Crippen molar-refractivity contribution in [3.63, 3.8) is 0 Å². The molecule has 1 atom stereocenters. The summed E-state index contributed by atoms with van der Waals surface area (Å²) in [4.78, 5) is 0. The minimum absolute atomic E-state index is 0.133. The molecule has 0 aliphatic rings. The molecule has 1 heterocycles. The van der Waals surface area contributed by atoms with Gasteiger partial charge in [0.05, 0.1) is 0 Å². The molecule has 0 radical (unpaired) electrons. The van der Waals surface area contributed by atoms with Gasteiger partial charge in [0.25, 0.3) is 0 Å². The lowest BCUT2D eigenvalue weighted by Gasteiger charge is -2.21. The summed E-state index contributed by atoms with van der Waals surface area (Å²) < 4.78 is 2.19. The fourth-order valence-electron chi connectivity index (χ4n) is 1.10. The van der Waals surface area contributed by atoms with Gasteiger partial charge in [-0.15, -0.1) is 0 Å². The number of hydrogen-bond acceptors (Lipinski definition) is 1. The number of nitrogens with two attached hydrogens (primary N) is 1. The van der Waals surface area contributed by atoms with Crippen LogP contribution in [0, 0.1) is 0 Å². The van der Waals surface area contributed by atoms with Crippen LogP contribution < -0.4 is 5.73 Å². The second-order valence-electron chi connectivity index (χ2n) is 4.31. The van der Waals surface area contributed by atoms with Crippen LogP contribution in [0.1, 0.15) is 39.3 Å². The molecule has 2 nitrogen and oxygen atoms in total. The van der Waals surface area contributed by atoms with Crippen molar-refractivity contribution >= 4 is 0 Å². The van der Waals surface area contributed by atoms with Gasteiger partial charge in [0.15, 0.2) is 0 Å². The minimum Gasteiger partial charge on any atom is -0.349 e. The van der Waals surface area contributed by atoms with E-state index in [2.05, 4.69) is 43.8 Å². The lowest BCUT2D eigenvalue weighted by molar-refractivity contribution is 0.397. The molecule has 2 heteroatoms. The molecule has 1 aromatic rings. The summed E-state index contributed by atoms with van der Waals surface area (Å²) in [6.45, 7) is 8.54. The van der Waals surface area contributed by atoms with Crippen molar-refractivity contribution in [1.82, 2.24) is 4.57 Å². The summed E-state index contributed by atoms with van der Waals surface area (Å²) in [6, 6.07) is 2.21. The molecule has 0 saturated carbocycles. The van der Waals surface area contributed by atoms with Crippen molar-refractivity contribution in [2.75, 3.05) is 0 Å². The van der Waals surface area contributed by atoms with E-state index in [1.54, 1.807) is 0 Å². The maximum atomic E-state index is 5.76. The van der Waals surface area contributed by atoms with Crippen LogP contribution in [0.4, 0.5) is 0 Å². The molecule has 0 amide bonds. The molecule has 1 aromatic heterocycles. The van der Waals surface area contributed by atoms with E-state index in [9.17, 15) is 0 Å². The zero-order chi connectivity index (χ0) is 9.35. The van der Waals surface area contributed by atoms with E-state index in [0.29, 0.717) is 0 Å². The lowest BCUT2D eigenvalue weighted by Crippen LogP contribution is -2.19. The second kappa shape index (κ2) is 2.94. The summed E-state index contributed by atoms with van der Waals surface area (Å²) in [5.41, 5.74) is 7.12. The van der Waals surface area contributed by atoms with E-state index in [-0.39, 0.29) is 11.6 Å². The summed E-state index contributed by atoms with van der Waals surface area (Å²) in [6.07, 6.45) is 4.20. The first-order valence-corrected chi connectivity index (χ1v) is 4.35. The predicted molar refractivity (Wildman–Crippen MR) is 52.0 cm³/mol. The molecule has 12 heavy (non-hydrogen) atoms.